The van der Waals surface area contributed by atoms with E-state index in [-0.39, 0.29) is 11.5 Å². The minimum absolute atomic E-state index is 0.0137. The molecule has 1 aromatic rings. The average Bonchev–Trinajstić information content (AvgIpc) is 2.88. The van der Waals surface area contributed by atoms with Crippen molar-refractivity contribution in [3.05, 3.63) is 30.1 Å². The Morgan fingerprint density at radius 1 is 1.58 bits per heavy atom. The zero-order valence-corrected chi connectivity index (χ0v) is 12.2. The smallest absolute Gasteiger partial charge is 0.0913 e. The largest absolute Gasteiger partial charge is 0.385 e. The van der Waals surface area contributed by atoms with Gasteiger partial charge in [-0.2, -0.15) is 11.8 Å². The molecule has 3 atom stereocenters. The molecule has 0 saturated carbocycles. The van der Waals surface area contributed by atoms with Crippen molar-refractivity contribution in [3.63, 3.8) is 0 Å². The van der Waals surface area contributed by atoms with E-state index in [9.17, 15) is 5.11 Å². The Bertz CT molecular complexity index is 429. The van der Waals surface area contributed by atoms with E-state index in [1.807, 2.05) is 30.8 Å². The first kappa shape index (κ1) is 13.4. The van der Waals surface area contributed by atoms with Crippen molar-refractivity contribution in [2.75, 3.05) is 18.1 Å². The first-order chi connectivity index (χ1) is 9.12. The fourth-order valence-electron chi connectivity index (χ4n) is 3.27. The molecule has 2 aliphatic rings. The molecule has 2 fully saturated rings. The topological polar surface area (TPSA) is 42.4 Å². The summed E-state index contributed by atoms with van der Waals surface area (Å²) in [5.74, 6) is 2.51. The second-order valence-corrected chi connectivity index (χ2v) is 7.02. The fourth-order valence-corrected chi connectivity index (χ4v) is 4.65. The summed E-state index contributed by atoms with van der Waals surface area (Å²) in [6.45, 7) is 2.69. The normalized spacial score (nSPS) is 34.3. The zero-order chi connectivity index (χ0) is 13.3. The summed E-state index contributed by atoms with van der Waals surface area (Å²) in [7, 11) is 0. The van der Waals surface area contributed by atoms with Crippen molar-refractivity contribution in [1.29, 1.82) is 0 Å². The number of pyridine rings is 1. The van der Waals surface area contributed by atoms with E-state index in [0.717, 1.165) is 37.2 Å². The van der Waals surface area contributed by atoms with Crippen LogP contribution in [0, 0.1) is 5.92 Å². The summed E-state index contributed by atoms with van der Waals surface area (Å²) in [5, 5.41) is 11.0. The first-order valence-corrected chi connectivity index (χ1v) is 8.12. The molecule has 3 heterocycles. The summed E-state index contributed by atoms with van der Waals surface area (Å²) in [6.07, 6.45) is 6.54. The van der Waals surface area contributed by atoms with Gasteiger partial charge in [0.25, 0.3) is 0 Å². The lowest BCUT2D eigenvalue weighted by molar-refractivity contribution is -0.129. The maximum Gasteiger partial charge on any atom is 0.0913 e. The molecule has 1 aromatic heterocycles. The van der Waals surface area contributed by atoms with Crippen LogP contribution in [0.1, 0.15) is 31.7 Å². The quantitative estimate of drug-likeness (QED) is 0.903. The Morgan fingerprint density at radius 3 is 3.16 bits per heavy atom. The van der Waals surface area contributed by atoms with Crippen LogP contribution in [0.3, 0.4) is 0 Å². The Hall–Kier alpha value is -0.580. The molecule has 0 radical (unpaired) electrons. The zero-order valence-electron chi connectivity index (χ0n) is 11.3. The van der Waals surface area contributed by atoms with E-state index in [1.165, 1.54) is 5.75 Å². The van der Waals surface area contributed by atoms with E-state index in [1.54, 1.807) is 12.4 Å². The van der Waals surface area contributed by atoms with Gasteiger partial charge in [-0.3, -0.25) is 4.98 Å². The van der Waals surface area contributed by atoms with Crippen LogP contribution in [-0.4, -0.2) is 33.8 Å². The Labute approximate surface area is 118 Å². The number of ether oxygens (including phenoxy) is 1. The van der Waals surface area contributed by atoms with E-state index >= 15 is 0 Å². The van der Waals surface area contributed by atoms with Gasteiger partial charge in [-0.1, -0.05) is 6.07 Å². The number of rotatable bonds is 2. The number of thioether (sulfide) groups is 1. The van der Waals surface area contributed by atoms with Crippen LogP contribution in [0.25, 0.3) is 0 Å². The maximum atomic E-state index is 11.0. The second-order valence-electron chi connectivity index (χ2n) is 5.91. The van der Waals surface area contributed by atoms with Crippen LogP contribution in [0.4, 0.5) is 0 Å². The van der Waals surface area contributed by atoms with Gasteiger partial charge in [-0.25, -0.2) is 0 Å². The molecule has 104 valence electrons. The predicted octanol–water partition coefficient (Wildman–Crippen LogP) is 2.59. The molecular formula is C15H21NO2S. The lowest BCUT2D eigenvalue weighted by Gasteiger charge is -2.43. The van der Waals surface area contributed by atoms with Crippen molar-refractivity contribution >= 4 is 11.8 Å². The fraction of sp³-hybridized carbons (Fsp3) is 0.667. The van der Waals surface area contributed by atoms with E-state index in [2.05, 4.69) is 4.98 Å². The summed E-state index contributed by atoms with van der Waals surface area (Å²) < 4.78 is 6.04. The van der Waals surface area contributed by atoms with Gasteiger partial charge in [0, 0.05) is 30.3 Å². The van der Waals surface area contributed by atoms with Crippen molar-refractivity contribution < 1.29 is 9.84 Å². The number of aromatic nitrogens is 1. The average molecular weight is 279 g/mol. The Kier molecular flexibility index (Phi) is 3.58. The maximum absolute atomic E-state index is 11.0. The molecule has 2 aliphatic heterocycles. The molecule has 0 aliphatic carbocycles. The summed E-state index contributed by atoms with van der Waals surface area (Å²) in [4.78, 5) is 4.14. The van der Waals surface area contributed by atoms with Gasteiger partial charge in [0.2, 0.25) is 0 Å². The predicted molar refractivity (Wildman–Crippen MR) is 77.2 cm³/mol. The molecule has 1 spiro atoms. The number of aliphatic hydroxyl groups is 1. The highest BCUT2D eigenvalue weighted by Crippen LogP contribution is 2.45. The Balaban J connectivity index is 1.81. The lowest BCUT2D eigenvalue weighted by Crippen LogP contribution is -2.46. The first-order valence-electron chi connectivity index (χ1n) is 6.97. The molecule has 0 bridgehead atoms. The van der Waals surface area contributed by atoms with Crippen LogP contribution in [0.5, 0.6) is 0 Å². The summed E-state index contributed by atoms with van der Waals surface area (Å²) in [5.41, 5.74) is 0.126. The van der Waals surface area contributed by atoms with E-state index < -0.39 is 5.60 Å². The van der Waals surface area contributed by atoms with E-state index in [4.69, 9.17) is 4.74 Å². The van der Waals surface area contributed by atoms with E-state index in [0.29, 0.717) is 0 Å². The molecule has 0 amide bonds. The number of nitrogens with zero attached hydrogens (tertiary/aromatic N) is 1. The molecule has 3 nitrogen and oxygen atoms in total. The highest BCUT2D eigenvalue weighted by molar-refractivity contribution is 7.99. The minimum Gasteiger partial charge on any atom is -0.385 e. The monoisotopic (exact) mass is 279 g/mol. The molecule has 4 heteroatoms. The van der Waals surface area contributed by atoms with Gasteiger partial charge < -0.3 is 9.84 Å². The third kappa shape index (κ3) is 2.54. The third-order valence-corrected chi connectivity index (χ3v) is 5.82. The summed E-state index contributed by atoms with van der Waals surface area (Å²) >= 11 is 1.97. The molecule has 3 rings (SSSR count). The van der Waals surface area contributed by atoms with Crippen molar-refractivity contribution in [1.82, 2.24) is 4.98 Å². The number of hydrogen-bond acceptors (Lipinski definition) is 4. The molecule has 2 saturated heterocycles. The minimum atomic E-state index is -0.807. The van der Waals surface area contributed by atoms with Gasteiger partial charge in [0.05, 0.1) is 11.2 Å². The van der Waals surface area contributed by atoms with Crippen LogP contribution in [0.15, 0.2) is 24.5 Å². The van der Waals surface area contributed by atoms with Gasteiger partial charge in [0.15, 0.2) is 0 Å². The SMILES string of the molecule is CC(O)(c1cccnc1)C1CCOC2(CCSC2)C1. The van der Waals surface area contributed by atoms with Crippen LogP contribution in [0.2, 0.25) is 0 Å². The lowest BCUT2D eigenvalue weighted by atomic mass is 9.73. The van der Waals surface area contributed by atoms with Crippen molar-refractivity contribution in [3.8, 4) is 0 Å². The molecule has 3 unspecified atom stereocenters. The number of hydrogen-bond donors (Lipinski definition) is 1. The van der Waals surface area contributed by atoms with Crippen LogP contribution >= 0.6 is 11.8 Å². The van der Waals surface area contributed by atoms with Gasteiger partial charge in [0.1, 0.15) is 0 Å². The summed E-state index contributed by atoms with van der Waals surface area (Å²) in [6, 6.07) is 3.86. The van der Waals surface area contributed by atoms with Crippen LogP contribution < -0.4 is 0 Å². The molecule has 0 aromatic carbocycles. The van der Waals surface area contributed by atoms with Crippen molar-refractivity contribution in [2.45, 2.75) is 37.4 Å². The van der Waals surface area contributed by atoms with Gasteiger partial charge in [-0.05, 0) is 43.9 Å². The van der Waals surface area contributed by atoms with Crippen LogP contribution in [-0.2, 0) is 10.3 Å². The highest BCUT2D eigenvalue weighted by Gasteiger charge is 2.46. The Morgan fingerprint density at radius 2 is 2.47 bits per heavy atom. The second kappa shape index (κ2) is 5.08. The van der Waals surface area contributed by atoms with Gasteiger partial charge in [-0.15, -0.1) is 0 Å². The molecule has 1 N–H and O–H groups in total. The third-order valence-electron chi connectivity index (χ3n) is 4.60. The van der Waals surface area contributed by atoms with Gasteiger partial charge >= 0.3 is 0 Å². The standard InChI is InChI=1S/C15H21NO2S/c1-14(17,13-3-2-6-16-10-13)12-4-7-18-15(9-12)5-8-19-11-15/h2-3,6,10,12,17H,4-5,7-9,11H2,1H3. The highest BCUT2D eigenvalue weighted by atomic mass is 32.2. The molecular weight excluding hydrogens is 258 g/mol. The molecule has 19 heavy (non-hydrogen) atoms. The van der Waals surface area contributed by atoms with Crippen molar-refractivity contribution in [2.24, 2.45) is 5.92 Å².